The highest BCUT2D eigenvalue weighted by molar-refractivity contribution is 5.98. The maximum atomic E-state index is 11.5. The van der Waals surface area contributed by atoms with Crippen LogP contribution in [0.4, 0.5) is 0 Å². The Balaban J connectivity index is 2.35. The predicted octanol–water partition coefficient (Wildman–Crippen LogP) is 0.0234. The van der Waals surface area contributed by atoms with Gasteiger partial charge < -0.3 is 26.3 Å². The second-order valence-corrected chi connectivity index (χ2v) is 4.41. The highest BCUT2D eigenvalue weighted by atomic mass is 16.5. The van der Waals surface area contributed by atoms with Gasteiger partial charge >= 0.3 is 0 Å². The summed E-state index contributed by atoms with van der Waals surface area (Å²) in [6, 6.07) is 7.37. The Labute approximate surface area is 124 Å². The van der Waals surface area contributed by atoms with Crippen LogP contribution in [0.2, 0.25) is 0 Å². The number of nitrogens with zero attached hydrogens (tertiary/aromatic N) is 1. The maximum Gasteiger partial charge on any atom is 0.221 e. The molecule has 0 heterocycles. The van der Waals surface area contributed by atoms with Gasteiger partial charge in [0, 0.05) is 38.7 Å². The number of oxime groups is 1. The molecule has 0 spiro atoms. The average Bonchev–Trinajstić information content (AvgIpc) is 2.51. The van der Waals surface area contributed by atoms with Gasteiger partial charge in [-0.05, 0) is 5.56 Å². The normalized spacial score (nSPS) is 11.4. The van der Waals surface area contributed by atoms with E-state index >= 15 is 0 Å². The number of ether oxygens (including phenoxy) is 1. The third kappa shape index (κ3) is 6.24. The van der Waals surface area contributed by atoms with E-state index in [1.807, 2.05) is 18.2 Å². The molecule has 7 heteroatoms. The molecule has 0 radical (unpaired) electrons. The lowest BCUT2D eigenvalue weighted by atomic mass is 10.1. The number of hydrogen-bond acceptors (Lipinski definition) is 5. The van der Waals surface area contributed by atoms with Gasteiger partial charge in [-0.15, -0.1) is 0 Å². The number of amidine groups is 1. The standard InChI is InChI=1S/C14H22N4O3/c1-21-9-8-17-13(19)6-7-16-10-11-4-2-3-5-12(11)14(15)18-20/h2-5,16,20H,6-10H2,1H3,(H2,15,18)(H,17,19). The Kier molecular flexibility index (Phi) is 7.85. The van der Waals surface area contributed by atoms with E-state index in [1.165, 1.54) is 0 Å². The van der Waals surface area contributed by atoms with Crippen LogP contribution in [0, 0.1) is 0 Å². The van der Waals surface area contributed by atoms with Crippen LogP contribution in [-0.4, -0.2) is 43.8 Å². The van der Waals surface area contributed by atoms with Gasteiger partial charge in [0.05, 0.1) is 6.61 Å². The molecule has 0 atom stereocenters. The molecule has 21 heavy (non-hydrogen) atoms. The van der Waals surface area contributed by atoms with E-state index in [4.69, 9.17) is 15.7 Å². The van der Waals surface area contributed by atoms with Crippen molar-refractivity contribution in [2.75, 3.05) is 26.8 Å². The topological polar surface area (TPSA) is 109 Å². The van der Waals surface area contributed by atoms with Crippen LogP contribution in [0.1, 0.15) is 17.5 Å². The zero-order valence-electron chi connectivity index (χ0n) is 12.1. The first-order valence-electron chi connectivity index (χ1n) is 6.71. The lowest BCUT2D eigenvalue weighted by Crippen LogP contribution is -2.30. The van der Waals surface area contributed by atoms with Crippen LogP contribution in [0.5, 0.6) is 0 Å². The third-order valence-electron chi connectivity index (χ3n) is 2.87. The lowest BCUT2D eigenvalue weighted by Gasteiger charge is -2.09. The summed E-state index contributed by atoms with van der Waals surface area (Å²) in [6.07, 6.45) is 0.384. The fourth-order valence-electron chi connectivity index (χ4n) is 1.78. The van der Waals surface area contributed by atoms with Crippen LogP contribution in [0.15, 0.2) is 29.4 Å². The number of carbonyl (C=O) groups excluding carboxylic acids is 1. The second-order valence-electron chi connectivity index (χ2n) is 4.41. The summed E-state index contributed by atoms with van der Waals surface area (Å²) in [6.45, 7) is 2.11. The first-order valence-corrected chi connectivity index (χ1v) is 6.71. The van der Waals surface area contributed by atoms with Crippen molar-refractivity contribution in [2.24, 2.45) is 10.9 Å². The number of nitrogens with one attached hydrogen (secondary N) is 2. The molecular formula is C14H22N4O3. The molecule has 5 N–H and O–H groups in total. The van der Waals surface area contributed by atoms with Gasteiger partial charge in [-0.2, -0.15) is 0 Å². The largest absolute Gasteiger partial charge is 0.409 e. The second kappa shape index (κ2) is 9.73. The molecule has 1 rings (SSSR count). The van der Waals surface area contributed by atoms with E-state index in [1.54, 1.807) is 13.2 Å². The lowest BCUT2D eigenvalue weighted by molar-refractivity contribution is -0.121. The van der Waals surface area contributed by atoms with E-state index in [2.05, 4.69) is 15.8 Å². The summed E-state index contributed by atoms with van der Waals surface area (Å²) in [7, 11) is 1.59. The Bertz CT molecular complexity index is 477. The molecule has 116 valence electrons. The summed E-state index contributed by atoms with van der Waals surface area (Å²) < 4.78 is 4.85. The van der Waals surface area contributed by atoms with E-state index in [0.29, 0.717) is 38.2 Å². The van der Waals surface area contributed by atoms with Gasteiger partial charge in [-0.25, -0.2) is 0 Å². The number of amides is 1. The van der Waals surface area contributed by atoms with E-state index in [0.717, 1.165) is 5.56 Å². The van der Waals surface area contributed by atoms with Gasteiger partial charge in [-0.3, -0.25) is 4.79 Å². The van der Waals surface area contributed by atoms with Crippen LogP contribution in [0.25, 0.3) is 0 Å². The molecule has 0 aliphatic rings. The summed E-state index contributed by atoms with van der Waals surface area (Å²) in [5.41, 5.74) is 7.20. The summed E-state index contributed by atoms with van der Waals surface area (Å²) in [4.78, 5) is 11.5. The molecule has 0 unspecified atom stereocenters. The molecule has 1 aromatic carbocycles. The molecule has 7 nitrogen and oxygen atoms in total. The van der Waals surface area contributed by atoms with Crippen molar-refractivity contribution < 1.29 is 14.7 Å². The number of rotatable bonds is 9. The van der Waals surface area contributed by atoms with Gasteiger partial charge in [0.1, 0.15) is 0 Å². The Hall–Kier alpha value is -2.12. The van der Waals surface area contributed by atoms with Crippen molar-refractivity contribution in [1.82, 2.24) is 10.6 Å². The van der Waals surface area contributed by atoms with Crippen LogP contribution in [0.3, 0.4) is 0 Å². The van der Waals surface area contributed by atoms with E-state index in [-0.39, 0.29) is 11.7 Å². The van der Waals surface area contributed by atoms with Crippen molar-refractivity contribution >= 4 is 11.7 Å². The quantitative estimate of drug-likeness (QED) is 0.169. The van der Waals surface area contributed by atoms with Crippen LogP contribution in [-0.2, 0) is 16.1 Å². The summed E-state index contributed by atoms with van der Waals surface area (Å²) in [5.74, 6) is 0.0500. The molecule has 0 saturated heterocycles. The number of methoxy groups -OCH3 is 1. The van der Waals surface area contributed by atoms with Crippen molar-refractivity contribution in [1.29, 1.82) is 0 Å². The van der Waals surface area contributed by atoms with E-state index < -0.39 is 0 Å². The summed E-state index contributed by atoms with van der Waals surface area (Å²) >= 11 is 0. The molecule has 0 bridgehead atoms. The number of benzene rings is 1. The minimum Gasteiger partial charge on any atom is -0.409 e. The van der Waals surface area contributed by atoms with Gasteiger partial charge in [0.2, 0.25) is 5.91 Å². The minimum atomic E-state index is -0.0238. The van der Waals surface area contributed by atoms with Crippen LogP contribution >= 0.6 is 0 Å². The molecule has 0 aromatic heterocycles. The van der Waals surface area contributed by atoms with Gasteiger partial charge in [-0.1, -0.05) is 29.4 Å². The molecule has 0 saturated carbocycles. The monoisotopic (exact) mass is 294 g/mol. The predicted molar refractivity (Wildman–Crippen MR) is 80.2 cm³/mol. The first kappa shape index (κ1) is 16.9. The maximum absolute atomic E-state index is 11.5. The average molecular weight is 294 g/mol. The van der Waals surface area contributed by atoms with Crippen LogP contribution < -0.4 is 16.4 Å². The number of carbonyl (C=O) groups is 1. The van der Waals surface area contributed by atoms with Crippen molar-refractivity contribution in [2.45, 2.75) is 13.0 Å². The van der Waals surface area contributed by atoms with E-state index in [9.17, 15) is 4.79 Å². The Morgan fingerprint density at radius 1 is 1.38 bits per heavy atom. The number of hydrogen-bond donors (Lipinski definition) is 4. The zero-order chi connectivity index (χ0) is 15.5. The molecule has 0 aliphatic heterocycles. The van der Waals surface area contributed by atoms with Crippen molar-refractivity contribution in [3.8, 4) is 0 Å². The smallest absolute Gasteiger partial charge is 0.221 e. The minimum absolute atomic E-state index is 0.0238. The third-order valence-corrected chi connectivity index (χ3v) is 2.87. The van der Waals surface area contributed by atoms with Crippen molar-refractivity contribution in [3.63, 3.8) is 0 Å². The molecule has 1 amide bonds. The molecular weight excluding hydrogens is 272 g/mol. The Morgan fingerprint density at radius 3 is 2.86 bits per heavy atom. The number of nitrogens with two attached hydrogens (primary N) is 1. The molecule has 1 aromatic rings. The zero-order valence-corrected chi connectivity index (χ0v) is 12.1. The first-order chi connectivity index (χ1) is 10.2. The van der Waals surface area contributed by atoms with Gasteiger partial charge in [0.15, 0.2) is 5.84 Å². The van der Waals surface area contributed by atoms with Crippen molar-refractivity contribution in [3.05, 3.63) is 35.4 Å². The fraction of sp³-hybridized carbons (Fsp3) is 0.429. The highest BCUT2D eigenvalue weighted by Gasteiger charge is 2.06. The van der Waals surface area contributed by atoms with Gasteiger partial charge in [0.25, 0.3) is 0 Å². The highest BCUT2D eigenvalue weighted by Crippen LogP contribution is 2.08. The summed E-state index contributed by atoms with van der Waals surface area (Å²) in [5, 5.41) is 17.7. The SMILES string of the molecule is COCCNC(=O)CCNCc1ccccc1/C(N)=N/O. The molecule has 0 fully saturated rings. The Morgan fingerprint density at radius 2 is 2.14 bits per heavy atom. The molecule has 0 aliphatic carbocycles. The fourth-order valence-corrected chi connectivity index (χ4v) is 1.78.